The van der Waals surface area contributed by atoms with Gasteiger partial charge in [-0.25, -0.2) is 5.01 Å². The molecule has 0 saturated carbocycles. The monoisotopic (exact) mass is 459 g/mol. The molecule has 34 heavy (non-hydrogen) atoms. The molecule has 0 fully saturated rings. The SMILES string of the molecule is COc1cccc(C(=O)CN(C(=O)c2cccc([N+](=O)[O-])c2)N2C(=O)c3ccccc3C2=O)c1. The van der Waals surface area contributed by atoms with E-state index in [1.807, 2.05) is 0 Å². The van der Waals surface area contributed by atoms with Gasteiger partial charge in [-0.3, -0.25) is 29.3 Å². The molecule has 1 aliphatic rings. The number of rotatable bonds is 7. The van der Waals surface area contributed by atoms with Crippen LogP contribution in [0.3, 0.4) is 0 Å². The number of methoxy groups -OCH3 is 1. The largest absolute Gasteiger partial charge is 0.497 e. The smallest absolute Gasteiger partial charge is 0.280 e. The summed E-state index contributed by atoms with van der Waals surface area (Å²) in [5.74, 6) is -2.65. The normalized spacial score (nSPS) is 12.3. The average Bonchev–Trinajstić information content (AvgIpc) is 3.12. The highest BCUT2D eigenvalue weighted by Crippen LogP contribution is 2.26. The Labute approximate surface area is 193 Å². The quantitative estimate of drug-likeness (QED) is 0.230. The van der Waals surface area contributed by atoms with Gasteiger partial charge < -0.3 is 4.74 Å². The molecule has 0 aliphatic carbocycles. The molecule has 0 N–H and O–H groups in total. The number of amides is 3. The summed E-state index contributed by atoms with van der Waals surface area (Å²) in [6.45, 7) is -0.667. The van der Waals surface area contributed by atoms with E-state index in [-0.39, 0.29) is 27.9 Å². The first kappa shape index (κ1) is 22.3. The van der Waals surface area contributed by atoms with Crippen LogP contribution in [0.4, 0.5) is 5.69 Å². The molecule has 3 aromatic rings. The van der Waals surface area contributed by atoms with Crippen LogP contribution in [0.15, 0.2) is 72.8 Å². The number of fused-ring (bicyclic) bond motifs is 1. The van der Waals surface area contributed by atoms with Gasteiger partial charge in [-0.15, -0.1) is 0 Å². The van der Waals surface area contributed by atoms with Gasteiger partial charge >= 0.3 is 0 Å². The Hall–Kier alpha value is -4.86. The van der Waals surface area contributed by atoms with E-state index in [2.05, 4.69) is 0 Å². The van der Waals surface area contributed by atoms with Crippen molar-refractivity contribution >= 4 is 29.2 Å². The summed E-state index contributed by atoms with van der Waals surface area (Å²) in [5.41, 5.74) is -0.166. The summed E-state index contributed by atoms with van der Waals surface area (Å²) in [7, 11) is 1.43. The summed E-state index contributed by atoms with van der Waals surface area (Å²) in [6, 6.07) is 17.0. The standard InChI is InChI=1S/C24H17N3O7/c1-34-18-9-5-6-15(13-18)21(28)14-25(22(29)16-7-4-8-17(12-16)27(32)33)26-23(30)19-10-2-3-11-20(19)24(26)31/h2-13H,14H2,1H3. The third kappa shape index (κ3) is 3.99. The predicted molar refractivity (Wildman–Crippen MR) is 118 cm³/mol. The second-order valence-corrected chi connectivity index (χ2v) is 7.29. The van der Waals surface area contributed by atoms with Gasteiger partial charge in [-0.05, 0) is 30.3 Å². The number of carbonyl (C=O) groups excluding carboxylic acids is 4. The fourth-order valence-electron chi connectivity index (χ4n) is 3.55. The van der Waals surface area contributed by atoms with E-state index in [1.165, 1.54) is 49.6 Å². The molecule has 1 aliphatic heterocycles. The van der Waals surface area contributed by atoms with E-state index in [0.29, 0.717) is 15.8 Å². The summed E-state index contributed by atoms with van der Waals surface area (Å²) in [4.78, 5) is 63.1. The Kier molecular flexibility index (Phi) is 5.88. The van der Waals surface area contributed by atoms with E-state index in [9.17, 15) is 29.3 Å². The molecule has 0 atom stereocenters. The Morgan fingerprint density at radius 1 is 0.912 bits per heavy atom. The van der Waals surface area contributed by atoms with Crippen LogP contribution in [0.5, 0.6) is 5.75 Å². The summed E-state index contributed by atoms with van der Waals surface area (Å²) in [6.07, 6.45) is 0. The highest BCUT2D eigenvalue weighted by molar-refractivity contribution is 6.22. The van der Waals surface area contributed by atoms with Crippen LogP contribution in [0.1, 0.15) is 41.4 Å². The van der Waals surface area contributed by atoms with Crippen LogP contribution in [0, 0.1) is 10.1 Å². The van der Waals surface area contributed by atoms with E-state index >= 15 is 0 Å². The molecule has 0 bridgehead atoms. The number of hydrogen-bond donors (Lipinski definition) is 0. The summed E-state index contributed by atoms with van der Waals surface area (Å²) < 4.78 is 5.12. The zero-order valence-corrected chi connectivity index (χ0v) is 17.8. The van der Waals surface area contributed by atoms with Crippen molar-refractivity contribution in [1.82, 2.24) is 10.0 Å². The molecule has 0 radical (unpaired) electrons. The van der Waals surface area contributed by atoms with E-state index in [4.69, 9.17) is 4.74 Å². The second kappa shape index (κ2) is 8.94. The summed E-state index contributed by atoms with van der Waals surface area (Å²) in [5, 5.41) is 12.5. The Morgan fingerprint density at radius 3 is 2.15 bits per heavy atom. The minimum atomic E-state index is -0.922. The van der Waals surface area contributed by atoms with Crippen molar-refractivity contribution in [3.8, 4) is 5.75 Å². The number of nitrogens with zero attached hydrogens (tertiary/aromatic N) is 3. The van der Waals surface area contributed by atoms with E-state index < -0.39 is 35.0 Å². The topological polar surface area (TPSA) is 127 Å². The molecule has 3 amide bonds. The maximum absolute atomic E-state index is 13.4. The van der Waals surface area contributed by atoms with Crippen molar-refractivity contribution in [1.29, 1.82) is 0 Å². The van der Waals surface area contributed by atoms with Crippen LogP contribution in [0.2, 0.25) is 0 Å². The first-order valence-electron chi connectivity index (χ1n) is 10.0. The van der Waals surface area contributed by atoms with Crippen molar-refractivity contribution < 1.29 is 28.8 Å². The Bertz CT molecular complexity index is 1320. The van der Waals surface area contributed by atoms with E-state index in [0.717, 1.165) is 6.07 Å². The third-order valence-electron chi connectivity index (χ3n) is 5.24. The molecule has 0 saturated heterocycles. The van der Waals surface area contributed by atoms with Crippen LogP contribution < -0.4 is 4.74 Å². The van der Waals surface area contributed by atoms with Gasteiger partial charge in [0.15, 0.2) is 5.78 Å². The number of non-ortho nitro benzene ring substituents is 1. The van der Waals surface area contributed by atoms with Crippen molar-refractivity contribution in [2.75, 3.05) is 13.7 Å². The van der Waals surface area contributed by atoms with Gasteiger partial charge in [-0.1, -0.05) is 30.3 Å². The van der Waals surface area contributed by atoms with Crippen LogP contribution in [0.25, 0.3) is 0 Å². The number of nitro groups is 1. The Morgan fingerprint density at radius 2 is 1.53 bits per heavy atom. The summed E-state index contributed by atoms with van der Waals surface area (Å²) >= 11 is 0. The van der Waals surface area contributed by atoms with Gasteiger partial charge in [0.2, 0.25) is 0 Å². The zero-order valence-electron chi connectivity index (χ0n) is 17.8. The first-order chi connectivity index (χ1) is 16.3. The number of nitro benzene ring substituents is 1. The maximum Gasteiger partial charge on any atom is 0.280 e. The van der Waals surface area contributed by atoms with Gasteiger partial charge in [0.25, 0.3) is 23.4 Å². The molecule has 170 valence electrons. The lowest BCUT2D eigenvalue weighted by molar-refractivity contribution is -0.384. The number of benzene rings is 3. The zero-order chi connectivity index (χ0) is 24.4. The fourth-order valence-corrected chi connectivity index (χ4v) is 3.55. The minimum absolute atomic E-state index is 0.0816. The molecular formula is C24H17N3O7. The molecule has 0 spiro atoms. The average molecular weight is 459 g/mol. The van der Waals surface area contributed by atoms with Gasteiger partial charge in [0, 0.05) is 23.3 Å². The molecule has 4 rings (SSSR count). The van der Waals surface area contributed by atoms with Crippen molar-refractivity contribution in [3.05, 3.63) is 105 Å². The molecule has 10 heteroatoms. The lowest BCUT2D eigenvalue weighted by Crippen LogP contribution is -2.51. The van der Waals surface area contributed by atoms with Gasteiger partial charge in [0.1, 0.15) is 12.3 Å². The second-order valence-electron chi connectivity index (χ2n) is 7.29. The van der Waals surface area contributed by atoms with Crippen molar-refractivity contribution in [2.24, 2.45) is 0 Å². The number of hydrogen-bond acceptors (Lipinski definition) is 7. The number of hydrazine groups is 1. The van der Waals surface area contributed by atoms with E-state index in [1.54, 1.807) is 24.3 Å². The van der Waals surface area contributed by atoms with Crippen LogP contribution in [-0.2, 0) is 0 Å². The Balaban J connectivity index is 1.75. The third-order valence-corrected chi connectivity index (χ3v) is 5.24. The highest BCUT2D eigenvalue weighted by atomic mass is 16.6. The lowest BCUT2D eigenvalue weighted by Gasteiger charge is -2.29. The molecular weight excluding hydrogens is 442 g/mol. The van der Waals surface area contributed by atoms with Crippen molar-refractivity contribution in [3.63, 3.8) is 0 Å². The van der Waals surface area contributed by atoms with Crippen LogP contribution in [-0.4, -0.2) is 52.1 Å². The number of imide groups is 1. The molecule has 0 unspecified atom stereocenters. The number of carbonyl (C=O) groups is 4. The molecule has 3 aromatic carbocycles. The molecule has 1 heterocycles. The molecule has 10 nitrogen and oxygen atoms in total. The fraction of sp³-hybridized carbons (Fsp3) is 0.0833. The van der Waals surface area contributed by atoms with Crippen LogP contribution >= 0.6 is 0 Å². The highest BCUT2D eigenvalue weighted by Gasteiger charge is 2.42. The maximum atomic E-state index is 13.4. The molecule has 0 aromatic heterocycles. The lowest BCUT2D eigenvalue weighted by atomic mass is 10.1. The number of ketones is 1. The minimum Gasteiger partial charge on any atom is -0.497 e. The number of ether oxygens (including phenoxy) is 1. The predicted octanol–water partition coefficient (Wildman–Crippen LogP) is 3.14. The first-order valence-corrected chi connectivity index (χ1v) is 10.0. The van der Waals surface area contributed by atoms with Gasteiger partial charge in [-0.2, -0.15) is 5.01 Å². The number of Topliss-reactive ketones (excluding diaryl/α,β-unsaturated/α-hetero) is 1. The van der Waals surface area contributed by atoms with Crippen molar-refractivity contribution in [2.45, 2.75) is 0 Å². The van der Waals surface area contributed by atoms with Gasteiger partial charge in [0.05, 0.1) is 23.2 Å².